The number of aromatic amines is 1. The van der Waals surface area contributed by atoms with Crippen molar-refractivity contribution in [1.82, 2.24) is 30.2 Å². The molecule has 1 aromatic carbocycles. The molecule has 2 aliphatic rings. The van der Waals surface area contributed by atoms with Crippen molar-refractivity contribution in [3.8, 4) is 22.6 Å². The van der Waals surface area contributed by atoms with Gasteiger partial charge in [-0.05, 0) is 63.2 Å². The second-order valence-electron chi connectivity index (χ2n) is 10.6. The Morgan fingerprint density at radius 3 is 2.79 bits per heavy atom. The molecule has 9 nitrogen and oxygen atoms in total. The van der Waals surface area contributed by atoms with Crippen molar-refractivity contribution in [3.05, 3.63) is 60.7 Å². The molecule has 202 valence electrons. The van der Waals surface area contributed by atoms with Crippen molar-refractivity contribution in [2.45, 2.75) is 19.8 Å². The highest BCUT2D eigenvalue weighted by atomic mass is 16.5. The number of nitrogens with zero attached hydrogens (tertiary/aromatic N) is 4. The number of imidazole rings is 1. The van der Waals surface area contributed by atoms with Crippen molar-refractivity contribution in [2.24, 2.45) is 11.8 Å². The summed E-state index contributed by atoms with van der Waals surface area (Å²) in [6, 6.07) is 14.4. The number of aryl methyl sites for hydroxylation is 1. The Hall–Kier alpha value is -3.82. The smallest absolute Gasteiger partial charge is 0.309 e. The van der Waals surface area contributed by atoms with Crippen LogP contribution in [0, 0.1) is 18.8 Å². The highest BCUT2D eigenvalue weighted by molar-refractivity contribution is 5.88. The number of esters is 1. The van der Waals surface area contributed by atoms with E-state index in [2.05, 4.69) is 53.7 Å². The molecular formula is C30H35N7O2. The number of H-pyrrole nitrogens is 1. The number of hydrogen-bond donors (Lipinski definition) is 3. The number of piperidine rings is 1. The van der Waals surface area contributed by atoms with Gasteiger partial charge in [0.25, 0.3) is 0 Å². The minimum Gasteiger partial charge on any atom is -0.465 e. The fourth-order valence-electron chi connectivity index (χ4n) is 5.30. The maximum absolute atomic E-state index is 12.4. The van der Waals surface area contributed by atoms with Crippen LogP contribution in [0.5, 0.6) is 0 Å². The highest BCUT2D eigenvalue weighted by Crippen LogP contribution is 2.30. The quantitative estimate of drug-likeness (QED) is 0.283. The molecule has 3 N–H and O–H groups in total. The van der Waals surface area contributed by atoms with Gasteiger partial charge in [0.15, 0.2) is 0 Å². The number of fused-ring (bicyclic) bond motifs is 1. The van der Waals surface area contributed by atoms with E-state index < -0.39 is 0 Å². The first-order chi connectivity index (χ1) is 19.1. The standard InChI is InChI=1S/C30H35N7O2/c1-20-3-2-4-27(36-20)29-28(34-19-35-29)23-5-6-26-24(13-23)14-25(17-33-26)32-9-12-37-10-7-22(8-11-37)30(38)39-18-21-15-31-16-21/h2-6,13-14,17,19,21-22,31-32H,7-12,15-16,18H2,1H3,(H,34,35). The number of carbonyl (C=O) groups excluding carboxylic acids is 1. The molecule has 39 heavy (non-hydrogen) atoms. The Bertz CT molecular complexity index is 1440. The van der Waals surface area contributed by atoms with Crippen LogP contribution in [0.15, 0.2) is 55.0 Å². The predicted molar refractivity (Wildman–Crippen MR) is 152 cm³/mol. The summed E-state index contributed by atoms with van der Waals surface area (Å²) in [5.41, 5.74) is 6.59. The molecule has 0 amide bonds. The molecule has 0 unspecified atom stereocenters. The number of rotatable bonds is 9. The Morgan fingerprint density at radius 1 is 1.13 bits per heavy atom. The average molecular weight is 526 g/mol. The van der Waals surface area contributed by atoms with Gasteiger partial charge in [-0.2, -0.15) is 0 Å². The number of carbonyl (C=O) groups is 1. The Morgan fingerprint density at radius 2 is 2.00 bits per heavy atom. The van der Waals surface area contributed by atoms with Crippen molar-refractivity contribution < 1.29 is 9.53 Å². The summed E-state index contributed by atoms with van der Waals surface area (Å²) in [7, 11) is 0. The molecule has 0 spiro atoms. The third-order valence-electron chi connectivity index (χ3n) is 7.74. The zero-order chi connectivity index (χ0) is 26.6. The van der Waals surface area contributed by atoms with Gasteiger partial charge in [0.1, 0.15) is 0 Å². The van der Waals surface area contributed by atoms with Crippen LogP contribution in [0.1, 0.15) is 18.5 Å². The van der Waals surface area contributed by atoms with Crippen LogP contribution in [-0.2, 0) is 9.53 Å². The molecular weight excluding hydrogens is 490 g/mol. The van der Waals surface area contributed by atoms with Gasteiger partial charge < -0.3 is 25.3 Å². The lowest BCUT2D eigenvalue weighted by molar-refractivity contribution is -0.152. The fourth-order valence-corrected chi connectivity index (χ4v) is 5.30. The van der Waals surface area contributed by atoms with Crippen LogP contribution in [0.3, 0.4) is 0 Å². The van der Waals surface area contributed by atoms with E-state index in [1.165, 1.54) is 0 Å². The molecule has 5 heterocycles. The highest BCUT2D eigenvalue weighted by Gasteiger charge is 2.27. The average Bonchev–Trinajstić information content (AvgIpc) is 3.42. The molecule has 4 aromatic rings. The van der Waals surface area contributed by atoms with Crippen molar-refractivity contribution in [2.75, 3.05) is 51.2 Å². The van der Waals surface area contributed by atoms with Crippen LogP contribution in [0.25, 0.3) is 33.5 Å². The van der Waals surface area contributed by atoms with Crippen molar-refractivity contribution >= 4 is 22.6 Å². The third-order valence-corrected chi connectivity index (χ3v) is 7.74. The summed E-state index contributed by atoms with van der Waals surface area (Å²) < 4.78 is 5.53. The number of ether oxygens (including phenoxy) is 1. The second-order valence-corrected chi connectivity index (χ2v) is 10.6. The largest absolute Gasteiger partial charge is 0.465 e. The van der Waals surface area contributed by atoms with E-state index in [0.717, 1.165) is 97.0 Å². The van der Waals surface area contributed by atoms with Gasteiger partial charge in [-0.3, -0.25) is 14.8 Å². The molecule has 0 aliphatic carbocycles. The summed E-state index contributed by atoms with van der Waals surface area (Å²) in [6.45, 7) is 8.06. The molecule has 2 fully saturated rings. The van der Waals surface area contributed by atoms with Gasteiger partial charge >= 0.3 is 5.97 Å². The van der Waals surface area contributed by atoms with E-state index in [1.54, 1.807) is 6.33 Å². The zero-order valence-electron chi connectivity index (χ0n) is 22.3. The summed E-state index contributed by atoms with van der Waals surface area (Å²) in [5, 5.41) is 7.80. The monoisotopic (exact) mass is 525 g/mol. The molecule has 2 saturated heterocycles. The maximum atomic E-state index is 12.4. The number of pyridine rings is 2. The van der Waals surface area contributed by atoms with E-state index in [9.17, 15) is 4.79 Å². The third kappa shape index (κ3) is 5.94. The summed E-state index contributed by atoms with van der Waals surface area (Å²) >= 11 is 0. The lowest BCUT2D eigenvalue weighted by Gasteiger charge is -2.32. The van der Waals surface area contributed by atoms with Crippen LogP contribution in [0.4, 0.5) is 5.69 Å². The molecule has 0 bridgehead atoms. The van der Waals surface area contributed by atoms with Crippen LogP contribution >= 0.6 is 0 Å². The Kier molecular flexibility index (Phi) is 7.51. The predicted octanol–water partition coefficient (Wildman–Crippen LogP) is 3.88. The van der Waals surface area contributed by atoms with E-state index in [1.807, 2.05) is 37.4 Å². The number of nitrogens with one attached hydrogen (secondary N) is 3. The van der Waals surface area contributed by atoms with E-state index >= 15 is 0 Å². The van der Waals surface area contributed by atoms with E-state index in [4.69, 9.17) is 4.74 Å². The van der Waals surface area contributed by atoms with Gasteiger partial charge in [-0.1, -0.05) is 12.1 Å². The first-order valence-electron chi connectivity index (χ1n) is 13.8. The lowest BCUT2D eigenvalue weighted by Crippen LogP contribution is -2.45. The number of benzene rings is 1. The van der Waals surface area contributed by atoms with Gasteiger partial charge in [-0.15, -0.1) is 0 Å². The molecule has 9 heteroatoms. The molecule has 0 saturated carbocycles. The maximum Gasteiger partial charge on any atom is 0.309 e. The van der Waals surface area contributed by atoms with Crippen molar-refractivity contribution in [3.63, 3.8) is 0 Å². The lowest BCUT2D eigenvalue weighted by atomic mass is 9.97. The van der Waals surface area contributed by atoms with Gasteiger partial charge in [0.2, 0.25) is 0 Å². The molecule has 6 rings (SSSR count). The normalized spacial score (nSPS) is 16.7. The number of hydrogen-bond acceptors (Lipinski definition) is 8. The Balaban J connectivity index is 1.04. The van der Waals surface area contributed by atoms with Crippen molar-refractivity contribution in [1.29, 1.82) is 0 Å². The number of aromatic nitrogens is 4. The van der Waals surface area contributed by atoms with Gasteiger partial charge in [0, 0.05) is 48.7 Å². The second kappa shape index (κ2) is 11.5. The van der Waals surface area contributed by atoms with Crippen LogP contribution in [0.2, 0.25) is 0 Å². The molecule has 3 aromatic heterocycles. The fraction of sp³-hybridized carbons (Fsp3) is 0.400. The molecule has 2 aliphatic heterocycles. The summed E-state index contributed by atoms with van der Waals surface area (Å²) in [6.07, 6.45) is 5.34. The summed E-state index contributed by atoms with van der Waals surface area (Å²) in [5.74, 6) is 0.520. The SMILES string of the molecule is Cc1cccc(-c2[nH]cnc2-c2ccc3ncc(NCCN4CCC(C(=O)OCC5CNC5)CC4)cc3c2)n1. The van der Waals surface area contributed by atoms with E-state index in [-0.39, 0.29) is 11.9 Å². The molecule has 0 atom stereocenters. The van der Waals surface area contributed by atoms with Crippen LogP contribution in [-0.4, -0.2) is 76.7 Å². The minimum atomic E-state index is -0.0154. The zero-order valence-corrected chi connectivity index (χ0v) is 22.3. The summed E-state index contributed by atoms with van der Waals surface area (Å²) in [4.78, 5) is 32.0. The first-order valence-corrected chi connectivity index (χ1v) is 13.8. The number of likely N-dealkylation sites (tertiary alicyclic amines) is 1. The van der Waals surface area contributed by atoms with E-state index in [0.29, 0.717) is 12.5 Å². The minimum absolute atomic E-state index is 0.0154. The van der Waals surface area contributed by atoms with Gasteiger partial charge in [0.05, 0.1) is 53.3 Å². The van der Waals surface area contributed by atoms with Crippen LogP contribution < -0.4 is 10.6 Å². The van der Waals surface area contributed by atoms with Gasteiger partial charge in [-0.25, -0.2) is 4.98 Å². The number of anilines is 1. The topological polar surface area (TPSA) is 108 Å². The Labute approximate surface area is 228 Å². The molecule has 0 radical (unpaired) electrons. The first kappa shape index (κ1) is 25.5.